The predicted octanol–water partition coefficient (Wildman–Crippen LogP) is 3.74. The predicted molar refractivity (Wildman–Crippen MR) is 122 cm³/mol. The van der Waals surface area contributed by atoms with Crippen molar-refractivity contribution < 1.29 is 17.9 Å². The van der Waals surface area contributed by atoms with Crippen LogP contribution in [0.5, 0.6) is 5.75 Å². The van der Waals surface area contributed by atoms with E-state index in [1.807, 2.05) is 58.0 Å². The summed E-state index contributed by atoms with van der Waals surface area (Å²) in [7, 11) is -3.66. The first-order valence-electron chi connectivity index (χ1n) is 10.1. The van der Waals surface area contributed by atoms with Gasteiger partial charge in [0.1, 0.15) is 18.4 Å². The normalized spacial score (nSPS) is 13.4. The van der Waals surface area contributed by atoms with E-state index in [4.69, 9.17) is 4.74 Å². The fourth-order valence-corrected chi connectivity index (χ4v) is 4.57. The van der Waals surface area contributed by atoms with Crippen LogP contribution in [0.25, 0.3) is 0 Å². The molecule has 0 bridgehead atoms. The number of benzene rings is 2. The van der Waals surface area contributed by atoms with E-state index in [-0.39, 0.29) is 18.6 Å². The average Bonchev–Trinajstić information content (AvgIpc) is 2.63. The van der Waals surface area contributed by atoms with Crippen molar-refractivity contribution in [1.82, 2.24) is 5.32 Å². The first-order valence-corrected chi connectivity index (χ1v) is 11.9. The first-order chi connectivity index (χ1) is 14.0. The number of nitrogens with one attached hydrogen (secondary N) is 1. The highest BCUT2D eigenvalue weighted by atomic mass is 32.2. The fraction of sp³-hybridized carbons (Fsp3) is 0.435. The van der Waals surface area contributed by atoms with Crippen molar-refractivity contribution >= 4 is 21.6 Å². The molecule has 2 aromatic carbocycles. The summed E-state index contributed by atoms with van der Waals surface area (Å²) >= 11 is 0. The summed E-state index contributed by atoms with van der Waals surface area (Å²) in [6.07, 6.45) is 1.47. The van der Waals surface area contributed by atoms with E-state index in [1.54, 1.807) is 19.1 Å². The number of hydrogen-bond donors (Lipinski definition) is 1. The maximum atomic E-state index is 13.0. The first kappa shape index (κ1) is 23.7. The number of rotatable bonds is 9. The largest absolute Gasteiger partial charge is 0.491 e. The summed E-state index contributed by atoms with van der Waals surface area (Å²) in [6, 6.07) is 12.1. The van der Waals surface area contributed by atoms with Gasteiger partial charge in [-0.15, -0.1) is 0 Å². The van der Waals surface area contributed by atoms with Gasteiger partial charge in [-0.25, -0.2) is 8.42 Å². The zero-order valence-corrected chi connectivity index (χ0v) is 19.4. The van der Waals surface area contributed by atoms with Crippen LogP contribution in [-0.2, 0) is 14.8 Å². The molecular weight excluding hydrogens is 400 g/mol. The SMILES string of the molecule is CC[C@@H](C(=O)N[C@H](C)COc1ccc(C)cc1)N(c1cc(C)cc(C)c1)S(C)(=O)=O. The van der Waals surface area contributed by atoms with E-state index in [0.29, 0.717) is 12.1 Å². The maximum absolute atomic E-state index is 13.0. The molecule has 0 unspecified atom stereocenters. The van der Waals surface area contributed by atoms with Crippen molar-refractivity contribution in [3.63, 3.8) is 0 Å². The van der Waals surface area contributed by atoms with Gasteiger partial charge in [-0.05, 0) is 69.5 Å². The molecule has 0 saturated heterocycles. The third kappa shape index (κ3) is 6.49. The Hall–Kier alpha value is -2.54. The molecule has 0 radical (unpaired) electrons. The molecule has 1 N–H and O–H groups in total. The van der Waals surface area contributed by atoms with Gasteiger partial charge < -0.3 is 10.1 Å². The Morgan fingerprint density at radius 2 is 1.60 bits per heavy atom. The number of nitrogens with zero attached hydrogens (tertiary/aromatic N) is 1. The van der Waals surface area contributed by atoms with E-state index in [1.165, 1.54) is 4.31 Å². The zero-order chi connectivity index (χ0) is 22.5. The van der Waals surface area contributed by atoms with E-state index in [2.05, 4.69) is 5.32 Å². The number of ether oxygens (including phenoxy) is 1. The lowest BCUT2D eigenvalue weighted by atomic mass is 10.1. The van der Waals surface area contributed by atoms with Gasteiger partial charge in [-0.2, -0.15) is 0 Å². The molecule has 1 amide bonds. The van der Waals surface area contributed by atoms with Crippen molar-refractivity contribution in [2.75, 3.05) is 17.2 Å². The van der Waals surface area contributed by atoms with Gasteiger partial charge in [0.15, 0.2) is 0 Å². The Balaban J connectivity index is 2.15. The summed E-state index contributed by atoms with van der Waals surface area (Å²) in [5.74, 6) is 0.379. The summed E-state index contributed by atoms with van der Waals surface area (Å²) in [4.78, 5) is 13.0. The Kier molecular flexibility index (Phi) is 7.89. The topological polar surface area (TPSA) is 75.7 Å². The van der Waals surface area contributed by atoms with Crippen LogP contribution in [0.1, 0.15) is 37.0 Å². The lowest BCUT2D eigenvalue weighted by Gasteiger charge is -2.31. The molecular formula is C23H32N2O4S. The van der Waals surface area contributed by atoms with Crippen LogP contribution in [0.15, 0.2) is 42.5 Å². The minimum Gasteiger partial charge on any atom is -0.491 e. The van der Waals surface area contributed by atoms with Gasteiger partial charge in [-0.3, -0.25) is 9.10 Å². The summed E-state index contributed by atoms with van der Waals surface area (Å²) < 4.78 is 32.2. The molecule has 164 valence electrons. The lowest BCUT2D eigenvalue weighted by Crippen LogP contribution is -2.52. The van der Waals surface area contributed by atoms with Gasteiger partial charge in [-0.1, -0.05) is 30.7 Å². The molecule has 0 spiro atoms. The van der Waals surface area contributed by atoms with Crippen molar-refractivity contribution in [3.05, 3.63) is 59.2 Å². The van der Waals surface area contributed by atoms with E-state index < -0.39 is 16.1 Å². The smallest absolute Gasteiger partial charge is 0.244 e. The van der Waals surface area contributed by atoms with Crippen molar-refractivity contribution in [1.29, 1.82) is 0 Å². The number of carbonyl (C=O) groups is 1. The number of hydrogen-bond acceptors (Lipinski definition) is 4. The molecule has 0 fully saturated rings. The molecule has 2 aromatic rings. The quantitative estimate of drug-likeness (QED) is 0.655. The Morgan fingerprint density at radius 3 is 2.10 bits per heavy atom. The monoisotopic (exact) mass is 432 g/mol. The Bertz CT molecular complexity index is 951. The van der Waals surface area contributed by atoms with Crippen LogP contribution in [0.3, 0.4) is 0 Å². The Labute approximate surface area is 180 Å². The van der Waals surface area contributed by atoms with Crippen molar-refractivity contribution in [3.8, 4) is 5.75 Å². The minimum absolute atomic E-state index is 0.284. The lowest BCUT2D eigenvalue weighted by molar-refractivity contribution is -0.123. The molecule has 0 saturated carbocycles. The summed E-state index contributed by atoms with van der Waals surface area (Å²) in [5, 5.41) is 2.89. The molecule has 0 aromatic heterocycles. The minimum atomic E-state index is -3.66. The molecule has 0 heterocycles. The maximum Gasteiger partial charge on any atom is 0.244 e. The standard InChI is InChI=1S/C23H32N2O4S/c1-7-22(25(30(6,27)28)20-13-17(3)12-18(4)14-20)23(26)24-19(5)15-29-21-10-8-16(2)9-11-21/h8-14,19,22H,7,15H2,1-6H3,(H,24,26)/t19-,22+/m1/s1. The van der Waals surface area contributed by atoms with Crippen LogP contribution < -0.4 is 14.4 Å². The summed E-state index contributed by atoms with van der Waals surface area (Å²) in [5.41, 5.74) is 3.52. The van der Waals surface area contributed by atoms with Crippen LogP contribution in [0, 0.1) is 20.8 Å². The number of anilines is 1. The van der Waals surface area contributed by atoms with E-state index in [0.717, 1.165) is 28.7 Å². The summed E-state index contributed by atoms with van der Waals surface area (Å²) in [6.45, 7) is 9.73. The zero-order valence-electron chi connectivity index (χ0n) is 18.6. The second kappa shape index (κ2) is 9.98. The van der Waals surface area contributed by atoms with Crippen LogP contribution in [0.4, 0.5) is 5.69 Å². The third-order valence-electron chi connectivity index (χ3n) is 4.70. The highest BCUT2D eigenvalue weighted by Gasteiger charge is 2.32. The molecule has 0 aliphatic heterocycles. The van der Waals surface area contributed by atoms with Gasteiger partial charge in [0.25, 0.3) is 0 Å². The van der Waals surface area contributed by atoms with Crippen molar-refractivity contribution in [2.45, 2.75) is 53.1 Å². The van der Waals surface area contributed by atoms with E-state index in [9.17, 15) is 13.2 Å². The second-order valence-electron chi connectivity index (χ2n) is 7.86. The second-order valence-corrected chi connectivity index (χ2v) is 9.72. The molecule has 2 rings (SSSR count). The van der Waals surface area contributed by atoms with Crippen molar-refractivity contribution in [2.24, 2.45) is 0 Å². The molecule has 0 aliphatic rings. The van der Waals surface area contributed by atoms with Gasteiger partial charge in [0, 0.05) is 0 Å². The average molecular weight is 433 g/mol. The van der Waals surface area contributed by atoms with Crippen LogP contribution in [0.2, 0.25) is 0 Å². The Morgan fingerprint density at radius 1 is 1.03 bits per heavy atom. The number of amides is 1. The molecule has 2 atom stereocenters. The molecule has 0 aliphatic carbocycles. The third-order valence-corrected chi connectivity index (χ3v) is 5.88. The van der Waals surface area contributed by atoms with Gasteiger partial charge in [0.2, 0.25) is 15.9 Å². The van der Waals surface area contributed by atoms with Gasteiger partial charge >= 0.3 is 0 Å². The van der Waals surface area contributed by atoms with Crippen LogP contribution in [-0.4, -0.2) is 39.3 Å². The highest BCUT2D eigenvalue weighted by molar-refractivity contribution is 7.92. The van der Waals surface area contributed by atoms with E-state index >= 15 is 0 Å². The van der Waals surface area contributed by atoms with Gasteiger partial charge in [0.05, 0.1) is 18.0 Å². The molecule has 7 heteroatoms. The highest BCUT2D eigenvalue weighted by Crippen LogP contribution is 2.25. The fourth-order valence-electron chi connectivity index (χ4n) is 3.37. The van der Waals surface area contributed by atoms with Crippen LogP contribution >= 0.6 is 0 Å². The number of aryl methyl sites for hydroxylation is 3. The number of carbonyl (C=O) groups excluding carboxylic acids is 1. The number of sulfonamides is 1. The molecule has 30 heavy (non-hydrogen) atoms. The molecule has 6 nitrogen and oxygen atoms in total.